The van der Waals surface area contributed by atoms with E-state index in [9.17, 15) is 0 Å². The first-order chi connectivity index (χ1) is 10.3. The van der Waals surface area contributed by atoms with Gasteiger partial charge in [-0.3, -0.25) is 0 Å². The average molecular weight is 285 g/mol. The third-order valence-corrected chi connectivity index (χ3v) is 3.61. The van der Waals surface area contributed by atoms with Crippen molar-refractivity contribution in [2.24, 2.45) is 0 Å². The zero-order chi connectivity index (χ0) is 14.7. The Morgan fingerprint density at radius 3 is 2.67 bits per heavy atom. The molecule has 0 atom stereocenters. The zero-order valence-electron chi connectivity index (χ0n) is 12.3. The van der Waals surface area contributed by atoms with E-state index in [-0.39, 0.29) is 0 Å². The van der Waals surface area contributed by atoms with Gasteiger partial charge in [0.15, 0.2) is 11.5 Å². The summed E-state index contributed by atoms with van der Waals surface area (Å²) in [4.78, 5) is 0. The molecule has 0 amide bonds. The smallest absolute Gasteiger partial charge is 0.165 e. The van der Waals surface area contributed by atoms with Gasteiger partial charge in [0.05, 0.1) is 14.2 Å². The van der Waals surface area contributed by atoms with Gasteiger partial charge in [-0.05, 0) is 23.8 Å². The van der Waals surface area contributed by atoms with E-state index in [1.54, 1.807) is 14.2 Å². The lowest BCUT2D eigenvalue weighted by molar-refractivity contribution is 0.302. The molecule has 2 aromatic carbocycles. The molecule has 0 aromatic heterocycles. The second-order valence-corrected chi connectivity index (χ2v) is 4.89. The fourth-order valence-corrected chi connectivity index (χ4v) is 2.59. The third-order valence-electron chi connectivity index (χ3n) is 3.61. The van der Waals surface area contributed by atoms with Crippen LogP contribution in [0.5, 0.6) is 17.2 Å². The Kier molecular flexibility index (Phi) is 3.97. The molecule has 21 heavy (non-hydrogen) atoms. The fourth-order valence-electron chi connectivity index (χ4n) is 2.59. The van der Waals surface area contributed by atoms with Crippen LogP contribution in [0.25, 0.3) is 11.1 Å². The maximum Gasteiger partial charge on any atom is 0.165 e. The fraction of sp³-hybridized carbons (Fsp3) is 0.294. The van der Waals surface area contributed by atoms with E-state index in [4.69, 9.17) is 14.2 Å². The van der Waals surface area contributed by atoms with Crippen LogP contribution in [-0.4, -0.2) is 27.4 Å². The lowest BCUT2D eigenvalue weighted by Crippen LogP contribution is -2.16. The first kappa shape index (κ1) is 13.8. The maximum absolute atomic E-state index is 5.80. The topological polar surface area (TPSA) is 39.7 Å². The average Bonchev–Trinajstić information content (AvgIpc) is 2.79. The predicted octanol–water partition coefficient (Wildman–Crippen LogP) is 2.85. The number of methoxy groups -OCH3 is 2. The highest BCUT2D eigenvalue weighted by Gasteiger charge is 2.17. The summed E-state index contributed by atoms with van der Waals surface area (Å²) in [5, 5.41) is 3.35. The number of ether oxygens (including phenoxy) is 3. The Hall–Kier alpha value is -2.20. The summed E-state index contributed by atoms with van der Waals surface area (Å²) in [7, 11) is 3.35. The molecule has 0 radical (unpaired) electrons. The van der Waals surface area contributed by atoms with Gasteiger partial charge in [-0.25, -0.2) is 0 Å². The Labute approximate surface area is 124 Å². The van der Waals surface area contributed by atoms with E-state index in [2.05, 4.69) is 11.4 Å². The molecule has 0 saturated heterocycles. The van der Waals surface area contributed by atoms with E-state index >= 15 is 0 Å². The van der Waals surface area contributed by atoms with Crippen molar-refractivity contribution in [3.63, 3.8) is 0 Å². The van der Waals surface area contributed by atoms with Crippen LogP contribution in [0.3, 0.4) is 0 Å². The van der Waals surface area contributed by atoms with Crippen LogP contribution in [0, 0.1) is 0 Å². The molecule has 1 aliphatic heterocycles. The minimum Gasteiger partial charge on any atom is -0.496 e. The van der Waals surface area contributed by atoms with Crippen molar-refractivity contribution in [2.75, 3.05) is 27.4 Å². The predicted molar refractivity (Wildman–Crippen MR) is 82.2 cm³/mol. The van der Waals surface area contributed by atoms with Gasteiger partial charge in [0.25, 0.3) is 0 Å². The van der Waals surface area contributed by atoms with Crippen LogP contribution in [0.4, 0.5) is 0 Å². The van der Waals surface area contributed by atoms with Gasteiger partial charge in [0, 0.05) is 24.2 Å². The van der Waals surface area contributed by atoms with Crippen molar-refractivity contribution in [2.45, 2.75) is 6.54 Å². The molecule has 0 spiro atoms. The summed E-state index contributed by atoms with van der Waals surface area (Å²) in [5.41, 5.74) is 3.22. The van der Waals surface area contributed by atoms with Crippen molar-refractivity contribution in [3.8, 4) is 28.4 Å². The van der Waals surface area contributed by atoms with Crippen LogP contribution in [0.2, 0.25) is 0 Å². The maximum atomic E-state index is 5.80. The summed E-state index contributed by atoms with van der Waals surface area (Å²) in [6.07, 6.45) is 0. The third kappa shape index (κ3) is 2.67. The van der Waals surface area contributed by atoms with Gasteiger partial charge in [-0.15, -0.1) is 0 Å². The molecule has 0 saturated carbocycles. The molecule has 3 rings (SSSR count). The Morgan fingerprint density at radius 1 is 1.05 bits per heavy atom. The largest absolute Gasteiger partial charge is 0.496 e. The van der Waals surface area contributed by atoms with Crippen molar-refractivity contribution in [1.82, 2.24) is 5.32 Å². The van der Waals surface area contributed by atoms with Crippen LogP contribution >= 0.6 is 0 Å². The SMILES string of the molecule is COc1ccccc1-c1cc2c(c(OC)c1)OCCNC2. The lowest BCUT2D eigenvalue weighted by Gasteiger charge is -2.15. The molecule has 0 aliphatic carbocycles. The van der Waals surface area contributed by atoms with Gasteiger partial charge in [0.2, 0.25) is 0 Å². The molecular weight excluding hydrogens is 266 g/mol. The van der Waals surface area contributed by atoms with Gasteiger partial charge in [0.1, 0.15) is 12.4 Å². The van der Waals surface area contributed by atoms with E-state index in [0.29, 0.717) is 6.61 Å². The van der Waals surface area contributed by atoms with Crippen molar-refractivity contribution in [3.05, 3.63) is 42.0 Å². The van der Waals surface area contributed by atoms with Crippen molar-refractivity contribution in [1.29, 1.82) is 0 Å². The van der Waals surface area contributed by atoms with Gasteiger partial charge < -0.3 is 19.5 Å². The van der Waals surface area contributed by atoms with E-state index in [1.807, 2.05) is 30.3 Å². The molecular formula is C17H19NO3. The second-order valence-electron chi connectivity index (χ2n) is 4.89. The highest BCUT2D eigenvalue weighted by atomic mass is 16.5. The van der Waals surface area contributed by atoms with Crippen LogP contribution in [-0.2, 0) is 6.54 Å². The Morgan fingerprint density at radius 2 is 1.86 bits per heavy atom. The lowest BCUT2D eigenvalue weighted by atomic mass is 10.0. The van der Waals surface area contributed by atoms with Gasteiger partial charge in [-0.2, -0.15) is 0 Å². The molecule has 4 nitrogen and oxygen atoms in total. The van der Waals surface area contributed by atoms with Crippen LogP contribution in [0.15, 0.2) is 36.4 Å². The summed E-state index contributed by atoms with van der Waals surface area (Å²) >= 11 is 0. The normalized spacial score (nSPS) is 13.8. The highest BCUT2D eigenvalue weighted by molar-refractivity contribution is 5.74. The molecule has 1 heterocycles. The number of nitrogens with one attached hydrogen (secondary N) is 1. The molecule has 1 N–H and O–H groups in total. The molecule has 0 unspecified atom stereocenters. The summed E-state index contributed by atoms with van der Waals surface area (Å²) in [6, 6.07) is 12.1. The first-order valence-corrected chi connectivity index (χ1v) is 7.01. The minimum absolute atomic E-state index is 0.650. The van der Waals surface area contributed by atoms with E-state index in [0.717, 1.165) is 47.0 Å². The number of fused-ring (bicyclic) bond motifs is 1. The quantitative estimate of drug-likeness (QED) is 0.941. The highest BCUT2D eigenvalue weighted by Crippen LogP contribution is 2.39. The van der Waals surface area contributed by atoms with Gasteiger partial charge >= 0.3 is 0 Å². The van der Waals surface area contributed by atoms with Crippen LogP contribution in [0.1, 0.15) is 5.56 Å². The molecule has 0 fully saturated rings. The molecule has 2 aromatic rings. The molecule has 1 aliphatic rings. The Bertz CT molecular complexity index is 640. The molecule has 110 valence electrons. The number of para-hydroxylation sites is 1. The van der Waals surface area contributed by atoms with Crippen LogP contribution < -0.4 is 19.5 Å². The number of hydrogen-bond donors (Lipinski definition) is 1. The summed E-state index contributed by atoms with van der Waals surface area (Å²) in [5.74, 6) is 2.44. The minimum atomic E-state index is 0.650. The zero-order valence-corrected chi connectivity index (χ0v) is 12.3. The first-order valence-electron chi connectivity index (χ1n) is 7.01. The van der Waals surface area contributed by atoms with Gasteiger partial charge in [-0.1, -0.05) is 18.2 Å². The molecule has 0 bridgehead atoms. The summed E-state index contributed by atoms with van der Waals surface area (Å²) < 4.78 is 16.8. The number of rotatable bonds is 3. The monoisotopic (exact) mass is 285 g/mol. The Balaban J connectivity index is 2.13. The number of benzene rings is 2. The van der Waals surface area contributed by atoms with Crippen molar-refractivity contribution < 1.29 is 14.2 Å². The molecule has 4 heteroatoms. The van der Waals surface area contributed by atoms with Crippen molar-refractivity contribution >= 4 is 0 Å². The summed E-state index contributed by atoms with van der Waals surface area (Å²) in [6.45, 7) is 2.26. The number of hydrogen-bond acceptors (Lipinski definition) is 4. The van der Waals surface area contributed by atoms with E-state index < -0.39 is 0 Å². The second kappa shape index (κ2) is 6.06. The van der Waals surface area contributed by atoms with E-state index in [1.165, 1.54) is 0 Å². The standard InChI is InChI=1S/C17H19NO3/c1-19-15-6-4-3-5-14(15)12-9-13-11-18-7-8-21-17(13)16(10-12)20-2/h3-6,9-10,18H,7-8,11H2,1-2H3.